The lowest BCUT2D eigenvalue weighted by molar-refractivity contribution is -0.276. The Balaban J connectivity index is 1.45. The van der Waals surface area contributed by atoms with Gasteiger partial charge in [0.25, 0.3) is 0 Å². The monoisotopic (exact) mass is 616 g/mol. The fraction of sp³-hybridized carbons (Fsp3) is 0.484. The first kappa shape index (κ1) is 32.0. The molecule has 7 N–H and O–H groups in total. The number of aliphatic hydroxyl groups excluding tert-OH is 6. The van der Waals surface area contributed by atoms with Crippen LogP contribution in [-0.4, -0.2) is 109 Å². The molecule has 13 nitrogen and oxygen atoms in total. The smallest absolute Gasteiger partial charge is 0.229 e. The highest BCUT2D eigenvalue weighted by Crippen LogP contribution is 2.43. The van der Waals surface area contributed by atoms with Gasteiger partial charge in [-0.25, -0.2) is 0 Å². The van der Waals surface area contributed by atoms with E-state index in [0.29, 0.717) is 0 Å². The van der Waals surface area contributed by atoms with Crippen LogP contribution in [0.15, 0.2) is 36.6 Å². The minimum absolute atomic E-state index is 0.0113. The number of hydrogen-bond acceptors (Lipinski definition) is 13. The molecule has 1 aliphatic carbocycles. The highest BCUT2D eigenvalue weighted by molar-refractivity contribution is 6.29. The number of phenols is 1. The normalized spacial score (nSPS) is 33.4. The van der Waals surface area contributed by atoms with E-state index in [1.165, 1.54) is 31.2 Å². The molecule has 0 aromatic heterocycles. The summed E-state index contributed by atoms with van der Waals surface area (Å²) >= 11 is 0. The van der Waals surface area contributed by atoms with Gasteiger partial charge in [-0.2, -0.15) is 0 Å². The predicted molar refractivity (Wildman–Crippen MR) is 150 cm³/mol. The molecule has 5 rings (SSSR count). The van der Waals surface area contributed by atoms with Gasteiger partial charge in [-0.15, -0.1) is 0 Å². The van der Waals surface area contributed by atoms with Crippen LogP contribution in [0.5, 0.6) is 17.2 Å². The van der Waals surface area contributed by atoms with Gasteiger partial charge in [0, 0.05) is 28.2 Å². The van der Waals surface area contributed by atoms with Crippen molar-refractivity contribution in [2.75, 3.05) is 6.61 Å². The third-order valence-corrected chi connectivity index (χ3v) is 8.45. The summed E-state index contributed by atoms with van der Waals surface area (Å²) in [4.78, 5) is 27.0. The third kappa shape index (κ3) is 5.50. The van der Waals surface area contributed by atoms with Gasteiger partial charge >= 0.3 is 0 Å². The van der Waals surface area contributed by atoms with Crippen LogP contribution in [-0.2, 0) is 9.47 Å². The van der Waals surface area contributed by atoms with E-state index < -0.39 is 79.2 Å². The van der Waals surface area contributed by atoms with Crippen molar-refractivity contribution in [1.82, 2.24) is 0 Å². The van der Waals surface area contributed by atoms with Crippen LogP contribution < -0.4 is 9.47 Å². The zero-order valence-corrected chi connectivity index (χ0v) is 24.3. The molecule has 44 heavy (non-hydrogen) atoms. The Bertz CT molecular complexity index is 1470. The Kier molecular flexibility index (Phi) is 8.86. The standard InChI is InChI=1S/C31H36O13/c1-11(2)41-30-12(3)19(9-18-22(30)25(36)15-6-5-14(33)7-16(15)24(18)35)43-31-29(40)26(37)17(21(10-32)44-31)8-20-27(38)28(39)23(34)13(4)42-20/h5-7,9,13,17,20-21,23,26-29,31-34,37-40H,1,8,10H2,2-4H3/t13-,17+,20+,21-,23-,26+,27+,28+,29-,31+/m0/s1. The van der Waals surface area contributed by atoms with E-state index in [0.717, 1.165) is 0 Å². The number of carbonyl (C=O) groups is 2. The van der Waals surface area contributed by atoms with Crippen molar-refractivity contribution in [2.45, 2.75) is 82.3 Å². The molecule has 238 valence electrons. The average Bonchev–Trinajstić information content (AvgIpc) is 2.98. The van der Waals surface area contributed by atoms with E-state index in [-0.39, 0.29) is 57.2 Å². The van der Waals surface area contributed by atoms with Crippen LogP contribution in [0.4, 0.5) is 0 Å². The number of allylic oxidation sites excluding steroid dienone is 1. The summed E-state index contributed by atoms with van der Waals surface area (Å²) in [6, 6.07) is 5.11. The van der Waals surface area contributed by atoms with Crippen molar-refractivity contribution >= 4 is 11.6 Å². The maximum absolute atomic E-state index is 13.5. The van der Waals surface area contributed by atoms with Gasteiger partial charge in [0.15, 0.2) is 11.6 Å². The van der Waals surface area contributed by atoms with Crippen molar-refractivity contribution in [2.24, 2.45) is 5.92 Å². The van der Waals surface area contributed by atoms with Crippen molar-refractivity contribution in [3.63, 3.8) is 0 Å². The molecule has 3 aliphatic rings. The first-order valence-corrected chi connectivity index (χ1v) is 14.2. The Labute approximate surface area is 252 Å². The summed E-state index contributed by atoms with van der Waals surface area (Å²) in [5.74, 6) is -2.15. The van der Waals surface area contributed by atoms with Crippen LogP contribution in [0.25, 0.3) is 0 Å². The van der Waals surface area contributed by atoms with Crippen molar-refractivity contribution in [1.29, 1.82) is 0 Å². The number of phenolic OH excluding ortho intramolecular Hbond substituents is 1. The van der Waals surface area contributed by atoms with Gasteiger partial charge in [-0.1, -0.05) is 6.58 Å². The van der Waals surface area contributed by atoms with Crippen molar-refractivity contribution in [3.05, 3.63) is 64.4 Å². The molecule has 0 saturated carbocycles. The lowest BCUT2D eigenvalue weighted by Gasteiger charge is -2.46. The number of carbonyl (C=O) groups excluding carboxylic acids is 2. The summed E-state index contributed by atoms with van der Waals surface area (Å²) in [6.07, 6.45) is -12.3. The largest absolute Gasteiger partial charge is 0.508 e. The molecule has 0 unspecified atom stereocenters. The van der Waals surface area contributed by atoms with Crippen molar-refractivity contribution < 1.29 is 64.3 Å². The summed E-state index contributed by atoms with van der Waals surface area (Å²) in [5, 5.41) is 72.9. The second kappa shape index (κ2) is 12.2. The molecule has 2 aliphatic heterocycles. The molecule has 2 fully saturated rings. The molecule has 0 spiro atoms. The van der Waals surface area contributed by atoms with E-state index in [2.05, 4.69) is 6.58 Å². The maximum atomic E-state index is 13.5. The Morgan fingerprint density at radius 1 is 0.886 bits per heavy atom. The molecular weight excluding hydrogens is 580 g/mol. The zero-order valence-electron chi connectivity index (χ0n) is 24.3. The number of rotatable bonds is 7. The molecule has 10 atom stereocenters. The maximum Gasteiger partial charge on any atom is 0.229 e. The lowest BCUT2D eigenvalue weighted by Crippen LogP contribution is -2.61. The molecule has 2 aromatic carbocycles. The highest BCUT2D eigenvalue weighted by Gasteiger charge is 2.50. The third-order valence-electron chi connectivity index (χ3n) is 8.45. The summed E-state index contributed by atoms with van der Waals surface area (Å²) in [7, 11) is 0. The molecular formula is C31H36O13. The molecule has 2 aromatic rings. The Hall–Kier alpha value is -3.40. The first-order chi connectivity index (χ1) is 20.7. The highest BCUT2D eigenvalue weighted by atomic mass is 16.7. The number of benzene rings is 2. The van der Waals surface area contributed by atoms with Gasteiger partial charge in [-0.05, 0) is 51.5 Å². The van der Waals surface area contributed by atoms with E-state index in [9.17, 15) is 45.3 Å². The summed E-state index contributed by atoms with van der Waals surface area (Å²) in [5.41, 5.74) is 0.181. The molecule has 2 heterocycles. The van der Waals surface area contributed by atoms with Gasteiger partial charge in [-0.3, -0.25) is 9.59 Å². The Morgan fingerprint density at radius 3 is 2.25 bits per heavy atom. The average molecular weight is 617 g/mol. The minimum Gasteiger partial charge on any atom is -0.508 e. The van der Waals surface area contributed by atoms with Crippen LogP contribution in [0, 0.1) is 12.8 Å². The molecule has 2 saturated heterocycles. The fourth-order valence-electron chi connectivity index (χ4n) is 6.04. The second-order valence-electron chi connectivity index (χ2n) is 11.5. The minimum atomic E-state index is -1.70. The predicted octanol–water partition coefficient (Wildman–Crippen LogP) is 0.0825. The zero-order chi connectivity index (χ0) is 32.2. The van der Waals surface area contributed by atoms with Crippen LogP contribution >= 0.6 is 0 Å². The van der Waals surface area contributed by atoms with Crippen molar-refractivity contribution in [3.8, 4) is 17.2 Å². The molecule has 13 heteroatoms. The quantitative estimate of drug-likeness (QED) is 0.176. The first-order valence-electron chi connectivity index (χ1n) is 14.2. The number of hydrogen-bond donors (Lipinski definition) is 7. The van der Waals surface area contributed by atoms with Gasteiger partial charge < -0.3 is 54.7 Å². The van der Waals surface area contributed by atoms with Gasteiger partial charge in [0.2, 0.25) is 6.29 Å². The van der Waals surface area contributed by atoms with E-state index >= 15 is 0 Å². The Morgan fingerprint density at radius 2 is 1.59 bits per heavy atom. The number of ketones is 2. The molecule has 0 amide bonds. The van der Waals surface area contributed by atoms with Crippen LogP contribution in [0.1, 0.15) is 57.7 Å². The fourth-order valence-corrected chi connectivity index (χ4v) is 6.04. The van der Waals surface area contributed by atoms with Gasteiger partial charge in [0.05, 0.1) is 42.3 Å². The summed E-state index contributed by atoms with van der Waals surface area (Å²) < 4.78 is 23.2. The van der Waals surface area contributed by atoms with E-state index in [4.69, 9.17) is 18.9 Å². The SMILES string of the molecule is C=C(C)Oc1c(C)c(O[C@@H]2O[C@@H](CO)[C@@H](C[C@H]3O[C@@H](C)[C@H](O)[C@@H](O)[C@@H]3O)[C@@H](O)[C@@H]2O)cc2c1C(=O)c1ccc(O)cc1C2=O. The lowest BCUT2D eigenvalue weighted by atomic mass is 9.81. The van der Waals surface area contributed by atoms with Gasteiger partial charge in [0.1, 0.15) is 41.7 Å². The number of fused-ring (bicyclic) bond motifs is 2. The van der Waals surface area contributed by atoms with E-state index in [1.807, 2.05) is 0 Å². The summed E-state index contributed by atoms with van der Waals surface area (Å²) in [6.45, 7) is 7.71. The second-order valence-corrected chi connectivity index (χ2v) is 11.5. The topological polar surface area (TPSA) is 213 Å². The number of aromatic hydroxyl groups is 1. The van der Waals surface area contributed by atoms with Crippen LogP contribution in [0.3, 0.4) is 0 Å². The number of aliphatic hydroxyl groups is 6. The van der Waals surface area contributed by atoms with E-state index in [1.54, 1.807) is 13.8 Å². The number of ether oxygens (including phenoxy) is 4. The molecule has 0 radical (unpaired) electrons. The molecule has 0 bridgehead atoms. The van der Waals surface area contributed by atoms with Crippen LogP contribution in [0.2, 0.25) is 0 Å².